The zero-order valence-corrected chi connectivity index (χ0v) is 19.1. The first kappa shape index (κ1) is 23.1. The zero-order chi connectivity index (χ0) is 22.4. The van der Waals surface area contributed by atoms with Crippen molar-refractivity contribution in [3.05, 3.63) is 76.5 Å². The third kappa shape index (κ3) is 6.72. The number of rotatable bonds is 9. The van der Waals surface area contributed by atoms with Gasteiger partial charge in [0.2, 0.25) is 5.91 Å². The van der Waals surface area contributed by atoms with Gasteiger partial charge in [-0.2, -0.15) is 5.10 Å². The van der Waals surface area contributed by atoms with E-state index in [2.05, 4.69) is 15.1 Å². The van der Waals surface area contributed by atoms with E-state index in [4.69, 9.17) is 23.2 Å². The lowest BCUT2D eigenvalue weighted by molar-refractivity contribution is -0.120. The molecule has 0 fully saturated rings. The molecule has 0 bridgehead atoms. The van der Waals surface area contributed by atoms with Gasteiger partial charge in [0, 0.05) is 31.2 Å². The Bertz CT molecular complexity index is 1130. The largest absolute Gasteiger partial charge is 0.355 e. The number of halogens is 2. The van der Waals surface area contributed by atoms with Crippen molar-refractivity contribution < 1.29 is 13.2 Å². The van der Waals surface area contributed by atoms with Crippen molar-refractivity contribution in [2.45, 2.75) is 24.8 Å². The third-order valence-corrected chi connectivity index (χ3v) is 6.60. The van der Waals surface area contributed by atoms with Crippen LogP contribution >= 0.6 is 23.2 Å². The lowest BCUT2D eigenvalue weighted by Gasteiger charge is -2.13. The van der Waals surface area contributed by atoms with Crippen LogP contribution in [0.15, 0.2) is 65.8 Å². The molecule has 0 aliphatic heterocycles. The van der Waals surface area contributed by atoms with E-state index in [-0.39, 0.29) is 33.2 Å². The Morgan fingerprint density at radius 3 is 2.52 bits per heavy atom. The highest BCUT2D eigenvalue weighted by Gasteiger charge is 2.16. The minimum Gasteiger partial charge on any atom is -0.355 e. The molecule has 7 nitrogen and oxygen atoms in total. The van der Waals surface area contributed by atoms with Crippen molar-refractivity contribution in [1.29, 1.82) is 0 Å². The normalized spacial score (nSPS) is 12.4. The van der Waals surface area contributed by atoms with Crippen LogP contribution in [-0.2, 0) is 27.8 Å². The van der Waals surface area contributed by atoms with Gasteiger partial charge in [-0.3, -0.25) is 14.2 Å². The van der Waals surface area contributed by atoms with E-state index in [1.165, 1.54) is 18.2 Å². The highest BCUT2D eigenvalue weighted by molar-refractivity contribution is 7.92. The van der Waals surface area contributed by atoms with Crippen molar-refractivity contribution >= 4 is 44.8 Å². The summed E-state index contributed by atoms with van der Waals surface area (Å²) in [7, 11) is -3.81. The van der Waals surface area contributed by atoms with Gasteiger partial charge in [-0.25, -0.2) is 8.42 Å². The highest BCUT2D eigenvalue weighted by Crippen LogP contribution is 2.26. The van der Waals surface area contributed by atoms with Gasteiger partial charge in [-0.15, -0.1) is 0 Å². The molecule has 10 heteroatoms. The topological polar surface area (TPSA) is 93.1 Å². The lowest BCUT2D eigenvalue weighted by atomic mass is 10.1. The fourth-order valence-electron chi connectivity index (χ4n) is 2.88. The number of sulfonamides is 1. The van der Waals surface area contributed by atoms with E-state index in [1.54, 1.807) is 30.5 Å². The molecule has 0 aliphatic rings. The molecule has 2 N–H and O–H groups in total. The molecule has 31 heavy (non-hydrogen) atoms. The van der Waals surface area contributed by atoms with Crippen LogP contribution in [0.3, 0.4) is 0 Å². The maximum absolute atomic E-state index is 12.5. The van der Waals surface area contributed by atoms with Crippen molar-refractivity contribution in [1.82, 2.24) is 15.1 Å². The second kappa shape index (κ2) is 10.2. The smallest absolute Gasteiger partial charge is 0.261 e. The molecule has 0 saturated carbocycles. The Labute approximate surface area is 191 Å². The van der Waals surface area contributed by atoms with Crippen LogP contribution in [0.1, 0.15) is 12.5 Å². The zero-order valence-electron chi connectivity index (χ0n) is 16.8. The number of nitrogens with zero attached hydrogens (tertiary/aromatic N) is 2. The molecule has 0 radical (unpaired) electrons. The summed E-state index contributed by atoms with van der Waals surface area (Å²) < 4.78 is 29.3. The van der Waals surface area contributed by atoms with Crippen molar-refractivity contribution in [2.75, 3.05) is 11.3 Å². The first-order valence-electron chi connectivity index (χ1n) is 9.54. The quantitative estimate of drug-likeness (QED) is 0.484. The van der Waals surface area contributed by atoms with Gasteiger partial charge < -0.3 is 5.32 Å². The predicted octanol–water partition coefficient (Wildman–Crippen LogP) is 3.99. The number of anilines is 1. The van der Waals surface area contributed by atoms with Crippen LogP contribution in [0, 0.1) is 5.92 Å². The molecule has 164 valence electrons. The molecule has 1 unspecified atom stereocenters. The molecular formula is C21H22Cl2N4O3S. The van der Waals surface area contributed by atoms with Gasteiger partial charge in [0.1, 0.15) is 0 Å². The monoisotopic (exact) mass is 480 g/mol. The number of nitrogens with one attached hydrogen (secondary N) is 2. The summed E-state index contributed by atoms with van der Waals surface area (Å²) >= 11 is 11.7. The SMILES string of the molecule is CC(CNC(=O)Cc1ccc(NS(=O)(=O)c2ccc(Cl)c(Cl)c2)cc1)Cn1cccn1. The third-order valence-electron chi connectivity index (χ3n) is 4.48. The first-order chi connectivity index (χ1) is 14.7. The summed E-state index contributed by atoms with van der Waals surface area (Å²) in [5.41, 5.74) is 1.15. The molecule has 1 heterocycles. The number of amides is 1. The van der Waals surface area contributed by atoms with E-state index in [9.17, 15) is 13.2 Å². The molecule has 0 spiro atoms. The Hall–Kier alpha value is -2.55. The number of carbonyl (C=O) groups excluding carboxylic acids is 1. The van der Waals surface area contributed by atoms with Crippen molar-refractivity contribution in [2.24, 2.45) is 5.92 Å². The van der Waals surface area contributed by atoms with Gasteiger partial charge in [0.05, 0.1) is 21.4 Å². The van der Waals surface area contributed by atoms with Gasteiger partial charge in [-0.05, 0) is 47.9 Å². The number of hydrogen-bond donors (Lipinski definition) is 2. The summed E-state index contributed by atoms with van der Waals surface area (Å²) in [6.45, 7) is 3.30. The van der Waals surface area contributed by atoms with Crippen LogP contribution in [0.4, 0.5) is 5.69 Å². The van der Waals surface area contributed by atoms with Gasteiger partial charge in [0.25, 0.3) is 10.0 Å². The highest BCUT2D eigenvalue weighted by atomic mass is 35.5. The van der Waals surface area contributed by atoms with Crippen LogP contribution in [0.25, 0.3) is 0 Å². The standard InChI is InChI=1S/C21H22Cl2N4O3S/c1-15(14-27-10-2-9-25-27)13-24-21(28)11-16-3-5-17(6-4-16)26-31(29,30)18-7-8-19(22)20(23)12-18/h2-10,12,15,26H,11,13-14H2,1H3,(H,24,28). The summed E-state index contributed by atoms with van der Waals surface area (Å²) in [6.07, 6.45) is 3.81. The van der Waals surface area contributed by atoms with E-state index in [0.717, 1.165) is 12.1 Å². The Morgan fingerprint density at radius 1 is 1.13 bits per heavy atom. The molecule has 1 atom stereocenters. The minimum absolute atomic E-state index is 0.00888. The summed E-state index contributed by atoms with van der Waals surface area (Å²) in [5.74, 6) is 0.137. The first-order valence-corrected chi connectivity index (χ1v) is 11.8. The van der Waals surface area contributed by atoms with Crippen molar-refractivity contribution in [3.8, 4) is 0 Å². The Balaban J connectivity index is 1.52. The fourth-order valence-corrected chi connectivity index (χ4v) is 4.32. The molecule has 0 aliphatic carbocycles. The van der Waals surface area contributed by atoms with Crippen molar-refractivity contribution in [3.63, 3.8) is 0 Å². The van der Waals surface area contributed by atoms with Gasteiger partial charge >= 0.3 is 0 Å². The maximum Gasteiger partial charge on any atom is 0.261 e. The maximum atomic E-state index is 12.5. The molecular weight excluding hydrogens is 459 g/mol. The van der Waals surface area contributed by atoms with Crippen LogP contribution in [0.2, 0.25) is 10.0 Å². The van der Waals surface area contributed by atoms with E-state index in [0.29, 0.717) is 12.2 Å². The van der Waals surface area contributed by atoms with E-state index >= 15 is 0 Å². The molecule has 1 aromatic heterocycles. The number of benzene rings is 2. The Kier molecular flexibility index (Phi) is 7.59. The molecule has 0 saturated heterocycles. The average Bonchev–Trinajstić information content (AvgIpc) is 3.22. The lowest BCUT2D eigenvalue weighted by Crippen LogP contribution is -2.31. The molecule has 3 aromatic rings. The van der Waals surface area contributed by atoms with E-state index in [1.807, 2.05) is 23.9 Å². The minimum atomic E-state index is -3.81. The summed E-state index contributed by atoms with van der Waals surface area (Å²) in [5, 5.41) is 7.50. The summed E-state index contributed by atoms with van der Waals surface area (Å²) in [4.78, 5) is 12.2. The van der Waals surface area contributed by atoms with Crippen LogP contribution in [0.5, 0.6) is 0 Å². The molecule has 3 rings (SSSR count). The fraction of sp³-hybridized carbons (Fsp3) is 0.238. The summed E-state index contributed by atoms with van der Waals surface area (Å²) in [6, 6.07) is 12.6. The number of carbonyl (C=O) groups is 1. The average molecular weight is 481 g/mol. The van der Waals surface area contributed by atoms with E-state index < -0.39 is 10.0 Å². The Morgan fingerprint density at radius 2 is 1.87 bits per heavy atom. The molecule has 1 amide bonds. The second-order valence-corrected chi connectivity index (χ2v) is 9.69. The van der Waals surface area contributed by atoms with Crippen LogP contribution < -0.4 is 10.0 Å². The molecule has 2 aromatic carbocycles. The number of hydrogen-bond acceptors (Lipinski definition) is 4. The van der Waals surface area contributed by atoms with Gasteiger partial charge in [0.15, 0.2) is 0 Å². The van der Waals surface area contributed by atoms with Crippen LogP contribution in [-0.4, -0.2) is 30.7 Å². The second-order valence-electron chi connectivity index (χ2n) is 7.19. The predicted molar refractivity (Wildman–Crippen MR) is 122 cm³/mol. The number of aromatic nitrogens is 2. The van der Waals surface area contributed by atoms with Gasteiger partial charge in [-0.1, -0.05) is 42.3 Å².